The lowest BCUT2D eigenvalue weighted by Gasteiger charge is -2.35. The van der Waals surface area contributed by atoms with Crippen molar-refractivity contribution in [2.75, 3.05) is 20.8 Å². The highest BCUT2D eigenvalue weighted by Crippen LogP contribution is 2.26. The van der Waals surface area contributed by atoms with Gasteiger partial charge in [-0.2, -0.15) is 0 Å². The van der Waals surface area contributed by atoms with Crippen LogP contribution in [-0.2, 0) is 4.79 Å². The molecule has 0 bridgehead atoms. The van der Waals surface area contributed by atoms with E-state index in [0.29, 0.717) is 11.5 Å². The fraction of sp³-hybridized carbons (Fsp3) is 0.562. The first-order valence-electron chi connectivity index (χ1n) is 7.33. The van der Waals surface area contributed by atoms with Crippen molar-refractivity contribution in [3.8, 4) is 11.5 Å². The number of nitrogens with zero attached hydrogens (tertiary/aromatic N) is 1. The minimum atomic E-state index is -0.432. The summed E-state index contributed by atoms with van der Waals surface area (Å²) in [6.45, 7) is -0.0555. The van der Waals surface area contributed by atoms with Gasteiger partial charge >= 0.3 is 0 Å². The number of hydrogen-bond donors (Lipinski definition) is 1. The van der Waals surface area contributed by atoms with Gasteiger partial charge in [0, 0.05) is 7.05 Å². The summed E-state index contributed by atoms with van der Waals surface area (Å²) in [4.78, 5) is 13.8. The predicted octanol–water partition coefficient (Wildman–Crippen LogP) is 1.84. The van der Waals surface area contributed by atoms with Crippen LogP contribution in [-0.4, -0.2) is 48.8 Å². The number of carbonyl (C=O) groups is 1. The van der Waals surface area contributed by atoms with Crippen LogP contribution in [0.15, 0.2) is 24.3 Å². The number of hydrogen-bond acceptors (Lipinski definition) is 4. The number of amides is 1. The van der Waals surface area contributed by atoms with Gasteiger partial charge in [0.05, 0.1) is 19.3 Å². The van der Waals surface area contributed by atoms with E-state index in [0.717, 1.165) is 25.7 Å². The lowest BCUT2D eigenvalue weighted by atomic mass is 9.91. The molecule has 0 spiro atoms. The number of aliphatic hydroxyl groups is 1. The van der Waals surface area contributed by atoms with E-state index in [1.165, 1.54) is 0 Å². The van der Waals surface area contributed by atoms with E-state index in [9.17, 15) is 9.90 Å². The van der Waals surface area contributed by atoms with E-state index in [4.69, 9.17) is 9.47 Å². The van der Waals surface area contributed by atoms with E-state index >= 15 is 0 Å². The van der Waals surface area contributed by atoms with Crippen molar-refractivity contribution in [1.82, 2.24) is 4.90 Å². The SMILES string of the molecule is COc1ccccc1OCC(=O)N(C)C1CCCCC1O. The van der Waals surface area contributed by atoms with Crippen molar-refractivity contribution in [2.24, 2.45) is 0 Å². The highest BCUT2D eigenvalue weighted by Gasteiger charge is 2.29. The molecule has 1 amide bonds. The van der Waals surface area contributed by atoms with Crippen molar-refractivity contribution in [2.45, 2.75) is 37.8 Å². The third-order valence-electron chi connectivity index (χ3n) is 4.01. The second-order valence-corrected chi connectivity index (χ2v) is 5.36. The van der Waals surface area contributed by atoms with E-state index in [2.05, 4.69) is 0 Å². The van der Waals surface area contributed by atoms with Gasteiger partial charge in [0.25, 0.3) is 5.91 Å². The summed E-state index contributed by atoms with van der Waals surface area (Å²) in [5.74, 6) is 1.02. The molecule has 2 unspecified atom stereocenters. The Morgan fingerprint density at radius 1 is 1.29 bits per heavy atom. The molecule has 5 nitrogen and oxygen atoms in total. The number of ether oxygens (including phenoxy) is 2. The molecule has 1 N–H and O–H groups in total. The maximum Gasteiger partial charge on any atom is 0.260 e. The Labute approximate surface area is 125 Å². The molecule has 21 heavy (non-hydrogen) atoms. The molecular weight excluding hydrogens is 270 g/mol. The minimum Gasteiger partial charge on any atom is -0.493 e. The van der Waals surface area contributed by atoms with Gasteiger partial charge in [-0.3, -0.25) is 4.79 Å². The first-order valence-corrected chi connectivity index (χ1v) is 7.33. The molecular formula is C16H23NO4. The second kappa shape index (κ2) is 7.31. The summed E-state index contributed by atoms with van der Waals surface area (Å²) in [6.07, 6.45) is 3.25. The minimum absolute atomic E-state index is 0.0555. The second-order valence-electron chi connectivity index (χ2n) is 5.36. The van der Waals surface area contributed by atoms with Gasteiger partial charge in [0.1, 0.15) is 0 Å². The summed E-state index contributed by atoms with van der Waals surface area (Å²) >= 11 is 0. The predicted molar refractivity (Wildman–Crippen MR) is 79.5 cm³/mol. The number of aliphatic hydroxyl groups excluding tert-OH is 1. The van der Waals surface area contributed by atoms with Gasteiger partial charge in [-0.15, -0.1) is 0 Å². The summed E-state index contributed by atoms with van der Waals surface area (Å²) in [5.41, 5.74) is 0. The van der Waals surface area contributed by atoms with Crippen LogP contribution in [0.1, 0.15) is 25.7 Å². The van der Waals surface area contributed by atoms with Crippen LogP contribution in [0.3, 0.4) is 0 Å². The average Bonchev–Trinajstić information content (AvgIpc) is 2.52. The molecule has 1 aromatic rings. The molecule has 1 aliphatic carbocycles. The standard InChI is InChI=1S/C16H23NO4/c1-17(12-7-3-4-8-13(12)18)16(19)11-21-15-10-6-5-9-14(15)20-2/h5-6,9-10,12-13,18H,3-4,7-8,11H2,1-2H3. The molecule has 0 aromatic heterocycles. The van der Waals surface area contributed by atoms with Crippen LogP contribution < -0.4 is 9.47 Å². The molecule has 5 heteroatoms. The Hall–Kier alpha value is -1.75. The van der Waals surface area contributed by atoms with E-state index in [1.807, 2.05) is 12.1 Å². The summed E-state index contributed by atoms with van der Waals surface area (Å²) < 4.78 is 10.7. The van der Waals surface area contributed by atoms with Crippen LogP contribution in [0.5, 0.6) is 11.5 Å². The summed E-state index contributed by atoms with van der Waals surface area (Å²) in [7, 11) is 3.29. The van der Waals surface area contributed by atoms with Gasteiger partial charge in [0.2, 0.25) is 0 Å². The van der Waals surface area contributed by atoms with E-state index < -0.39 is 6.10 Å². The fourth-order valence-corrected chi connectivity index (χ4v) is 2.71. The average molecular weight is 293 g/mol. The van der Waals surface area contributed by atoms with Gasteiger partial charge in [-0.25, -0.2) is 0 Å². The largest absolute Gasteiger partial charge is 0.493 e. The highest BCUT2D eigenvalue weighted by molar-refractivity contribution is 5.78. The Morgan fingerprint density at radius 3 is 2.62 bits per heavy atom. The molecule has 0 heterocycles. The quantitative estimate of drug-likeness (QED) is 0.900. The maximum absolute atomic E-state index is 12.2. The normalized spacial score (nSPS) is 21.7. The zero-order valence-electron chi connectivity index (χ0n) is 12.6. The topological polar surface area (TPSA) is 59.0 Å². The van der Waals surface area contributed by atoms with Crippen LogP contribution >= 0.6 is 0 Å². The smallest absolute Gasteiger partial charge is 0.260 e. The van der Waals surface area contributed by atoms with Gasteiger partial charge in [-0.05, 0) is 25.0 Å². The summed E-state index contributed by atoms with van der Waals surface area (Å²) in [6, 6.07) is 7.12. The Morgan fingerprint density at radius 2 is 1.95 bits per heavy atom. The first kappa shape index (κ1) is 15.6. The maximum atomic E-state index is 12.2. The zero-order valence-corrected chi connectivity index (χ0v) is 12.6. The van der Waals surface area contributed by atoms with Crippen molar-refractivity contribution in [3.05, 3.63) is 24.3 Å². The lowest BCUT2D eigenvalue weighted by molar-refractivity contribution is -0.137. The Balaban J connectivity index is 1.91. The molecule has 0 radical (unpaired) electrons. The fourth-order valence-electron chi connectivity index (χ4n) is 2.71. The van der Waals surface area contributed by atoms with Crippen molar-refractivity contribution in [1.29, 1.82) is 0 Å². The number of rotatable bonds is 5. The molecule has 0 aliphatic heterocycles. The van der Waals surface area contributed by atoms with E-state index in [-0.39, 0.29) is 18.6 Å². The lowest BCUT2D eigenvalue weighted by Crippen LogP contribution is -2.47. The molecule has 1 aliphatic rings. The van der Waals surface area contributed by atoms with Crippen molar-refractivity contribution >= 4 is 5.91 Å². The number of carbonyl (C=O) groups excluding carboxylic acids is 1. The van der Waals surface area contributed by atoms with Crippen molar-refractivity contribution < 1.29 is 19.4 Å². The van der Waals surface area contributed by atoms with Crippen LogP contribution in [0.4, 0.5) is 0 Å². The van der Waals surface area contributed by atoms with Crippen LogP contribution in [0, 0.1) is 0 Å². The number of para-hydroxylation sites is 2. The monoisotopic (exact) mass is 293 g/mol. The number of methoxy groups -OCH3 is 1. The first-order chi connectivity index (χ1) is 10.1. The van der Waals surface area contributed by atoms with Crippen molar-refractivity contribution in [3.63, 3.8) is 0 Å². The van der Waals surface area contributed by atoms with Crippen LogP contribution in [0.25, 0.3) is 0 Å². The molecule has 116 valence electrons. The van der Waals surface area contributed by atoms with E-state index in [1.54, 1.807) is 31.2 Å². The Kier molecular flexibility index (Phi) is 5.44. The van der Waals surface area contributed by atoms with Gasteiger partial charge in [-0.1, -0.05) is 25.0 Å². The molecule has 0 saturated heterocycles. The zero-order chi connectivity index (χ0) is 15.2. The third kappa shape index (κ3) is 3.88. The molecule has 1 fully saturated rings. The molecule has 1 saturated carbocycles. The van der Waals surface area contributed by atoms with Crippen LogP contribution in [0.2, 0.25) is 0 Å². The van der Waals surface area contributed by atoms with Gasteiger partial charge < -0.3 is 19.5 Å². The number of benzene rings is 1. The van der Waals surface area contributed by atoms with Gasteiger partial charge in [0.15, 0.2) is 18.1 Å². The number of likely N-dealkylation sites (N-methyl/N-ethyl adjacent to an activating group) is 1. The molecule has 2 rings (SSSR count). The molecule has 1 aromatic carbocycles. The Bertz CT molecular complexity index is 477. The molecule has 2 atom stereocenters. The summed E-state index contributed by atoms with van der Waals surface area (Å²) in [5, 5.41) is 10.0. The third-order valence-corrected chi connectivity index (χ3v) is 4.01. The highest BCUT2D eigenvalue weighted by atomic mass is 16.5.